The van der Waals surface area contributed by atoms with Crippen molar-refractivity contribution in [2.24, 2.45) is 0 Å². The van der Waals surface area contributed by atoms with Crippen LogP contribution in [0.15, 0.2) is 54.6 Å². The molecule has 0 saturated heterocycles. The molecule has 0 aliphatic heterocycles. The van der Waals surface area contributed by atoms with Gasteiger partial charge in [-0.3, -0.25) is 0 Å². The third-order valence-electron chi connectivity index (χ3n) is 2.37. The van der Waals surface area contributed by atoms with E-state index in [2.05, 4.69) is 17.4 Å². The van der Waals surface area contributed by atoms with Gasteiger partial charge in [0.2, 0.25) is 0 Å². The summed E-state index contributed by atoms with van der Waals surface area (Å²) in [5.41, 5.74) is 3.30. The first kappa shape index (κ1) is 10.8. The lowest BCUT2D eigenvalue weighted by Crippen LogP contribution is -2.19. The van der Waals surface area contributed by atoms with Crippen molar-refractivity contribution in [3.63, 3.8) is 0 Å². The summed E-state index contributed by atoms with van der Waals surface area (Å²) in [6.45, 7) is 1.70. The molecule has 0 aliphatic rings. The summed E-state index contributed by atoms with van der Waals surface area (Å²) < 4.78 is 0. The predicted octanol–water partition coefficient (Wildman–Crippen LogP) is 2.88. The van der Waals surface area contributed by atoms with E-state index in [0.29, 0.717) is 0 Å². The Balaban J connectivity index is 2.20. The normalized spacial score (nSPS) is 9.88. The second-order valence-corrected chi connectivity index (χ2v) is 3.76. The molecule has 3 heteroatoms. The number of benzene rings is 2. The van der Waals surface area contributed by atoms with Crippen molar-refractivity contribution in [1.29, 1.82) is 0 Å². The van der Waals surface area contributed by atoms with Crippen LogP contribution < -0.4 is 5.23 Å². The molecule has 0 spiro atoms. The Labute approximate surface area is 96.1 Å². The lowest BCUT2D eigenvalue weighted by Gasteiger charge is -2.07. The van der Waals surface area contributed by atoms with E-state index in [-0.39, 0.29) is 0 Å². The summed E-state index contributed by atoms with van der Waals surface area (Å²) in [4.78, 5) is 0. The van der Waals surface area contributed by atoms with Gasteiger partial charge in [-0.1, -0.05) is 42.5 Å². The summed E-state index contributed by atoms with van der Waals surface area (Å²) in [6.07, 6.45) is 0. The predicted molar refractivity (Wildman–Crippen MR) is 69.3 cm³/mol. The van der Waals surface area contributed by atoms with Crippen LogP contribution in [0.3, 0.4) is 0 Å². The molecule has 0 amide bonds. The summed E-state index contributed by atoms with van der Waals surface area (Å²) in [5, 5.41) is 12.1. The highest BCUT2D eigenvalue weighted by molar-refractivity contribution is 6.52. The molecule has 0 bridgehead atoms. The first-order valence-corrected chi connectivity index (χ1v) is 5.36. The van der Waals surface area contributed by atoms with Crippen LogP contribution in [-0.4, -0.2) is 12.1 Å². The van der Waals surface area contributed by atoms with Crippen LogP contribution in [0.1, 0.15) is 0 Å². The molecule has 2 aromatic carbocycles. The van der Waals surface area contributed by atoms with Gasteiger partial charge in [-0.25, -0.2) is 0 Å². The minimum Gasteiger partial charge on any atom is -0.433 e. The lowest BCUT2D eigenvalue weighted by atomic mass is 9.88. The van der Waals surface area contributed by atoms with Crippen molar-refractivity contribution in [2.45, 2.75) is 6.82 Å². The second kappa shape index (κ2) is 4.86. The van der Waals surface area contributed by atoms with Crippen molar-refractivity contribution in [3.05, 3.63) is 54.6 Å². The van der Waals surface area contributed by atoms with E-state index in [0.717, 1.165) is 5.69 Å². The summed E-state index contributed by atoms with van der Waals surface area (Å²) in [5.74, 6) is 0. The standard InChI is InChI=1S/C13H14BNO/c1-14(16)15-13-9-7-12(8-10-13)11-5-3-2-4-6-11/h2-10,15-16H,1H3. The molecule has 0 aliphatic carbocycles. The first-order chi connectivity index (χ1) is 7.75. The van der Waals surface area contributed by atoms with Gasteiger partial charge in [-0.15, -0.1) is 0 Å². The highest BCUT2D eigenvalue weighted by Gasteiger charge is 2.02. The molecule has 0 radical (unpaired) electrons. The highest BCUT2D eigenvalue weighted by atomic mass is 16.2. The van der Waals surface area contributed by atoms with Crippen LogP contribution in [0.4, 0.5) is 5.69 Å². The molecule has 0 aromatic heterocycles. The van der Waals surface area contributed by atoms with Crippen LogP contribution in [0, 0.1) is 0 Å². The first-order valence-electron chi connectivity index (χ1n) is 5.36. The minimum atomic E-state index is -0.525. The van der Waals surface area contributed by atoms with Crippen molar-refractivity contribution in [2.75, 3.05) is 5.23 Å². The third-order valence-corrected chi connectivity index (χ3v) is 2.37. The van der Waals surface area contributed by atoms with Gasteiger partial charge in [-0.05, 0) is 30.1 Å². The van der Waals surface area contributed by atoms with Crippen molar-refractivity contribution in [1.82, 2.24) is 0 Å². The zero-order valence-electron chi connectivity index (χ0n) is 9.22. The number of rotatable bonds is 3. The molecular formula is C13H14BNO. The molecule has 2 nitrogen and oxygen atoms in total. The lowest BCUT2D eigenvalue weighted by molar-refractivity contribution is 0.587. The van der Waals surface area contributed by atoms with Crippen LogP contribution in [0.2, 0.25) is 6.82 Å². The van der Waals surface area contributed by atoms with E-state index in [1.165, 1.54) is 11.1 Å². The molecule has 16 heavy (non-hydrogen) atoms. The Morgan fingerprint density at radius 2 is 1.44 bits per heavy atom. The number of hydrogen-bond donors (Lipinski definition) is 2. The van der Waals surface area contributed by atoms with Crippen LogP contribution in [-0.2, 0) is 0 Å². The fourth-order valence-electron chi connectivity index (χ4n) is 1.63. The Morgan fingerprint density at radius 1 is 0.875 bits per heavy atom. The average molecular weight is 211 g/mol. The number of anilines is 1. The Bertz CT molecular complexity index is 439. The molecule has 0 saturated carbocycles. The van der Waals surface area contributed by atoms with E-state index < -0.39 is 7.05 Å². The molecule has 0 heterocycles. The van der Waals surface area contributed by atoms with Gasteiger partial charge in [0.05, 0.1) is 0 Å². The SMILES string of the molecule is CB(O)Nc1ccc(-c2ccccc2)cc1. The molecule has 0 fully saturated rings. The Hall–Kier alpha value is -1.74. The second-order valence-electron chi connectivity index (χ2n) is 3.76. The fourth-order valence-corrected chi connectivity index (χ4v) is 1.63. The van der Waals surface area contributed by atoms with Crippen molar-refractivity contribution >= 4 is 12.7 Å². The smallest absolute Gasteiger partial charge is 0.406 e. The molecule has 2 rings (SSSR count). The maximum Gasteiger partial charge on any atom is 0.406 e. The molecule has 80 valence electrons. The average Bonchev–Trinajstić information content (AvgIpc) is 2.30. The summed E-state index contributed by atoms with van der Waals surface area (Å²) >= 11 is 0. The van der Waals surface area contributed by atoms with E-state index in [1.54, 1.807) is 6.82 Å². The van der Waals surface area contributed by atoms with Gasteiger partial charge in [0, 0.05) is 5.69 Å². The van der Waals surface area contributed by atoms with Gasteiger partial charge in [0.15, 0.2) is 0 Å². The van der Waals surface area contributed by atoms with Gasteiger partial charge >= 0.3 is 7.05 Å². The largest absolute Gasteiger partial charge is 0.433 e. The fraction of sp³-hybridized carbons (Fsp3) is 0.0769. The molecular weight excluding hydrogens is 197 g/mol. The van der Waals surface area contributed by atoms with E-state index >= 15 is 0 Å². The number of hydrogen-bond acceptors (Lipinski definition) is 2. The Kier molecular flexibility index (Phi) is 3.27. The maximum absolute atomic E-state index is 9.18. The van der Waals surface area contributed by atoms with Crippen LogP contribution in [0.5, 0.6) is 0 Å². The molecule has 0 atom stereocenters. The molecule has 2 N–H and O–H groups in total. The highest BCUT2D eigenvalue weighted by Crippen LogP contribution is 2.20. The van der Waals surface area contributed by atoms with E-state index in [1.807, 2.05) is 42.5 Å². The summed E-state index contributed by atoms with van der Waals surface area (Å²) in [7, 11) is -0.525. The van der Waals surface area contributed by atoms with Gasteiger partial charge in [0.25, 0.3) is 0 Å². The molecule has 2 aromatic rings. The maximum atomic E-state index is 9.18. The number of nitrogens with one attached hydrogen (secondary N) is 1. The molecule has 0 unspecified atom stereocenters. The van der Waals surface area contributed by atoms with Crippen LogP contribution in [0.25, 0.3) is 11.1 Å². The van der Waals surface area contributed by atoms with Crippen LogP contribution >= 0.6 is 0 Å². The zero-order valence-corrected chi connectivity index (χ0v) is 9.22. The minimum absolute atomic E-state index is 0.525. The zero-order chi connectivity index (χ0) is 11.4. The topological polar surface area (TPSA) is 32.3 Å². The van der Waals surface area contributed by atoms with E-state index in [9.17, 15) is 5.02 Å². The van der Waals surface area contributed by atoms with Crippen molar-refractivity contribution < 1.29 is 5.02 Å². The van der Waals surface area contributed by atoms with Gasteiger partial charge in [0.1, 0.15) is 0 Å². The van der Waals surface area contributed by atoms with Gasteiger partial charge < -0.3 is 10.3 Å². The Morgan fingerprint density at radius 3 is 2.00 bits per heavy atom. The van der Waals surface area contributed by atoms with Crippen molar-refractivity contribution in [3.8, 4) is 11.1 Å². The quantitative estimate of drug-likeness (QED) is 0.765. The third kappa shape index (κ3) is 2.64. The monoisotopic (exact) mass is 211 g/mol. The van der Waals surface area contributed by atoms with Gasteiger partial charge in [-0.2, -0.15) is 0 Å². The van der Waals surface area contributed by atoms with E-state index in [4.69, 9.17) is 0 Å². The summed E-state index contributed by atoms with van der Waals surface area (Å²) in [6, 6.07) is 18.2.